The van der Waals surface area contributed by atoms with Crippen molar-refractivity contribution in [2.45, 2.75) is 38.8 Å². The molecule has 3 N–H and O–H groups in total. The van der Waals surface area contributed by atoms with Gasteiger partial charge in [-0.15, -0.1) is 0 Å². The van der Waals surface area contributed by atoms with Crippen molar-refractivity contribution in [1.29, 1.82) is 0 Å². The molecule has 0 aromatic heterocycles. The second-order valence-electron chi connectivity index (χ2n) is 5.60. The van der Waals surface area contributed by atoms with Gasteiger partial charge in [0.1, 0.15) is 11.5 Å². The van der Waals surface area contributed by atoms with Gasteiger partial charge in [-0.05, 0) is 51.9 Å². The molecule has 1 rings (SSSR count). The van der Waals surface area contributed by atoms with E-state index in [2.05, 4.69) is 5.32 Å². The minimum Gasteiger partial charge on any atom is -0.496 e. The van der Waals surface area contributed by atoms with Crippen molar-refractivity contribution in [2.75, 3.05) is 21.3 Å². The number of aryl methyl sites for hydroxylation is 1. The van der Waals surface area contributed by atoms with E-state index in [1.165, 1.54) is 0 Å². The lowest BCUT2D eigenvalue weighted by molar-refractivity contribution is 0.363. The summed E-state index contributed by atoms with van der Waals surface area (Å²) in [5, 5.41) is 3.30. The molecular formula is C15H26N2O2. The number of rotatable bonds is 6. The highest BCUT2D eigenvalue weighted by molar-refractivity contribution is 5.47. The van der Waals surface area contributed by atoms with Crippen LogP contribution < -0.4 is 20.5 Å². The molecule has 1 unspecified atom stereocenters. The molecule has 0 radical (unpaired) electrons. The van der Waals surface area contributed by atoms with Gasteiger partial charge >= 0.3 is 0 Å². The van der Waals surface area contributed by atoms with E-state index in [1.807, 2.05) is 40.0 Å². The molecule has 0 amide bonds. The molecule has 0 spiro atoms. The van der Waals surface area contributed by atoms with Gasteiger partial charge in [0.2, 0.25) is 0 Å². The Morgan fingerprint density at radius 2 is 1.79 bits per heavy atom. The highest BCUT2D eigenvalue weighted by Crippen LogP contribution is 2.35. The molecule has 19 heavy (non-hydrogen) atoms. The zero-order chi connectivity index (χ0) is 14.6. The molecule has 0 heterocycles. The van der Waals surface area contributed by atoms with Crippen molar-refractivity contribution in [2.24, 2.45) is 5.73 Å². The maximum atomic E-state index is 6.13. The van der Waals surface area contributed by atoms with Crippen molar-refractivity contribution in [3.8, 4) is 11.5 Å². The van der Waals surface area contributed by atoms with Crippen LogP contribution in [0.2, 0.25) is 0 Å². The number of hydrogen-bond acceptors (Lipinski definition) is 4. The Bertz CT molecular complexity index is 425. The molecular weight excluding hydrogens is 240 g/mol. The van der Waals surface area contributed by atoms with Crippen LogP contribution >= 0.6 is 0 Å². The first-order valence-electron chi connectivity index (χ1n) is 6.51. The lowest BCUT2D eigenvalue weighted by Gasteiger charge is -2.27. The fourth-order valence-corrected chi connectivity index (χ4v) is 2.24. The first-order valence-corrected chi connectivity index (χ1v) is 6.51. The van der Waals surface area contributed by atoms with E-state index in [4.69, 9.17) is 15.2 Å². The number of hydrogen-bond donors (Lipinski definition) is 2. The third kappa shape index (κ3) is 4.11. The van der Waals surface area contributed by atoms with E-state index < -0.39 is 0 Å². The summed E-state index contributed by atoms with van der Waals surface area (Å²) >= 11 is 0. The second kappa shape index (κ2) is 6.26. The minimum atomic E-state index is -0.253. The van der Waals surface area contributed by atoms with Gasteiger partial charge in [0, 0.05) is 17.1 Å². The van der Waals surface area contributed by atoms with Gasteiger partial charge in [-0.25, -0.2) is 0 Å². The number of nitrogens with one attached hydrogen (secondary N) is 1. The molecule has 1 atom stereocenters. The van der Waals surface area contributed by atoms with E-state index in [0.29, 0.717) is 0 Å². The second-order valence-corrected chi connectivity index (χ2v) is 5.60. The average Bonchev–Trinajstić information content (AvgIpc) is 2.34. The largest absolute Gasteiger partial charge is 0.496 e. The third-order valence-corrected chi connectivity index (χ3v) is 3.20. The third-order valence-electron chi connectivity index (χ3n) is 3.20. The summed E-state index contributed by atoms with van der Waals surface area (Å²) in [7, 11) is 5.30. The van der Waals surface area contributed by atoms with Crippen molar-refractivity contribution in [3.05, 3.63) is 23.3 Å². The number of nitrogens with two attached hydrogens (primary N) is 1. The van der Waals surface area contributed by atoms with Gasteiger partial charge < -0.3 is 20.5 Å². The van der Waals surface area contributed by atoms with Crippen molar-refractivity contribution in [1.82, 2.24) is 5.32 Å². The van der Waals surface area contributed by atoms with Crippen LogP contribution in [0, 0.1) is 6.92 Å². The van der Waals surface area contributed by atoms with E-state index >= 15 is 0 Å². The summed E-state index contributed by atoms with van der Waals surface area (Å²) in [6.45, 7) is 6.05. The fraction of sp³-hybridized carbons (Fsp3) is 0.600. The Balaban J connectivity index is 3.21. The number of methoxy groups -OCH3 is 2. The average molecular weight is 266 g/mol. The number of ether oxygens (including phenoxy) is 2. The summed E-state index contributed by atoms with van der Waals surface area (Å²) < 4.78 is 10.9. The zero-order valence-corrected chi connectivity index (χ0v) is 12.8. The highest BCUT2D eigenvalue weighted by atomic mass is 16.5. The Morgan fingerprint density at radius 3 is 2.21 bits per heavy atom. The van der Waals surface area contributed by atoms with Gasteiger partial charge in [0.05, 0.1) is 14.2 Å². The minimum absolute atomic E-state index is 0.129. The quantitative estimate of drug-likeness (QED) is 0.830. The van der Waals surface area contributed by atoms with E-state index in [0.717, 1.165) is 29.0 Å². The van der Waals surface area contributed by atoms with Crippen LogP contribution in [0.5, 0.6) is 11.5 Å². The molecule has 0 aliphatic heterocycles. The van der Waals surface area contributed by atoms with Crippen molar-refractivity contribution in [3.63, 3.8) is 0 Å². The van der Waals surface area contributed by atoms with Gasteiger partial charge in [0.15, 0.2) is 0 Å². The van der Waals surface area contributed by atoms with Gasteiger partial charge in [0.25, 0.3) is 0 Å². The molecule has 1 aromatic rings. The van der Waals surface area contributed by atoms with Crippen LogP contribution in [0.1, 0.15) is 37.4 Å². The highest BCUT2D eigenvalue weighted by Gasteiger charge is 2.23. The first kappa shape index (κ1) is 15.8. The summed E-state index contributed by atoms with van der Waals surface area (Å²) in [5.74, 6) is 1.73. The molecule has 0 aliphatic carbocycles. The molecule has 108 valence electrons. The topological polar surface area (TPSA) is 56.5 Å². The molecule has 0 saturated carbocycles. The maximum Gasteiger partial charge on any atom is 0.124 e. The van der Waals surface area contributed by atoms with Crippen LogP contribution in [0.15, 0.2) is 12.1 Å². The van der Waals surface area contributed by atoms with Gasteiger partial charge in [-0.2, -0.15) is 0 Å². The van der Waals surface area contributed by atoms with Crippen LogP contribution in [-0.4, -0.2) is 26.8 Å². The molecule has 1 aromatic carbocycles. The summed E-state index contributed by atoms with van der Waals surface area (Å²) in [6.07, 6.45) is 0.812. The molecule has 0 fully saturated rings. The first-order chi connectivity index (χ1) is 8.82. The fourth-order valence-electron chi connectivity index (χ4n) is 2.24. The SMILES string of the molecule is CNC(CC(C)(C)N)c1cc(OC)c(C)cc1OC. The van der Waals surface area contributed by atoms with E-state index in [1.54, 1.807) is 14.2 Å². The van der Waals surface area contributed by atoms with E-state index in [-0.39, 0.29) is 11.6 Å². The van der Waals surface area contributed by atoms with Gasteiger partial charge in [-0.1, -0.05) is 0 Å². The Labute approximate surface area is 116 Å². The predicted octanol–water partition coefficient (Wildman–Crippen LogP) is 2.40. The lowest BCUT2D eigenvalue weighted by Crippen LogP contribution is -2.37. The standard InChI is InChI=1S/C15H26N2O2/c1-10-7-14(19-6)11(8-13(10)18-5)12(17-4)9-15(2,3)16/h7-8,12,17H,9,16H2,1-6H3. The Hall–Kier alpha value is -1.26. The predicted molar refractivity (Wildman–Crippen MR) is 79.0 cm³/mol. The monoisotopic (exact) mass is 266 g/mol. The number of benzene rings is 1. The Kier molecular flexibility index (Phi) is 5.20. The molecule has 0 saturated heterocycles. The zero-order valence-electron chi connectivity index (χ0n) is 12.8. The van der Waals surface area contributed by atoms with Crippen LogP contribution in [-0.2, 0) is 0 Å². The molecule has 0 aliphatic rings. The molecule has 4 nitrogen and oxygen atoms in total. The van der Waals surface area contributed by atoms with Crippen molar-refractivity contribution >= 4 is 0 Å². The molecule has 0 bridgehead atoms. The van der Waals surface area contributed by atoms with Crippen LogP contribution in [0.25, 0.3) is 0 Å². The Morgan fingerprint density at radius 1 is 1.21 bits per heavy atom. The van der Waals surface area contributed by atoms with Crippen molar-refractivity contribution < 1.29 is 9.47 Å². The summed E-state index contributed by atoms with van der Waals surface area (Å²) in [6, 6.07) is 4.16. The van der Waals surface area contributed by atoms with Crippen LogP contribution in [0.3, 0.4) is 0 Å². The lowest BCUT2D eigenvalue weighted by atomic mass is 9.91. The molecule has 4 heteroatoms. The smallest absolute Gasteiger partial charge is 0.124 e. The normalized spacial score (nSPS) is 13.2. The van der Waals surface area contributed by atoms with Gasteiger partial charge in [-0.3, -0.25) is 0 Å². The summed E-state index contributed by atoms with van der Waals surface area (Å²) in [5.41, 5.74) is 8.01. The summed E-state index contributed by atoms with van der Waals surface area (Å²) in [4.78, 5) is 0. The van der Waals surface area contributed by atoms with E-state index in [9.17, 15) is 0 Å². The van der Waals surface area contributed by atoms with Crippen LogP contribution in [0.4, 0.5) is 0 Å². The maximum absolute atomic E-state index is 6.13.